The first-order valence-corrected chi connectivity index (χ1v) is 7.40. The third kappa shape index (κ3) is 5.11. The van der Waals surface area contributed by atoms with Crippen LogP contribution in [0.4, 0.5) is 4.39 Å². The molecule has 1 atom stereocenters. The maximum Gasteiger partial charge on any atom is 0.264 e. The molecule has 1 amide bonds. The van der Waals surface area contributed by atoms with Crippen molar-refractivity contribution in [2.45, 2.75) is 38.9 Å². The van der Waals surface area contributed by atoms with Crippen molar-refractivity contribution in [3.63, 3.8) is 0 Å². The number of hydrogen-bond acceptors (Lipinski definition) is 4. The van der Waals surface area contributed by atoms with Gasteiger partial charge in [-0.1, -0.05) is 17.3 Å². The van der Waals surface area contributed by atoms with Gasteiger partial charge in [0, 0.05) is 19.4 Å². The monoisotopic (exact) mass is 308 g/mol. The Morgan fingerprint density at radius 3 is 2.86 bits per heavy atom. The van der Waals surface area contributed by atoms with Crippen molar-refractivity contribution >= 4 is 11.6 Å². The van der Waals surface area contributed by atoms with Gasteiger partial charge >= 0.3 is 0 Å². The lowest BCUT2D eigenvalue weighted by Gasteiger charge is -2.11. The van der Waals surface area contributed by atoms with Gasteiger partial charge in [0.25, 0.3) is 5.91 Å². The number of halogens is 1. The van der Waals surface area contributed by atoms with Gasteiger partial charge in [-0.05, 0) is 31.5 Å². The molecule has 1 aliphatic rings. The molecule has 6 heteroatoms. The van der Waals surface area contributed by atoms with E-state index in [1.165, 1.54) is 12.1 Å². The predicted octanol–water partition coefficient (Wildman–Crippen LogP) is 2.05. The highest BCUT2D eigenvalue weighted by atomic mass is 19.1. The Morgan fingerprint density at radius 2 is 2.18 bits per heavy atom. The van der Waals surface area contributed by atoms with E-state index in [0.29, 0.717) is 26.0 Å². The van der Waals surface area contributed by atoms with E-state index in [1.54, 1.807) is 12.1 Å². The molecule has 0 aromatic heterocycles. The normalized spacial score (nSPS) is 17.3. The Hall–Kier alpha value is -1.95. The lowest BCUT2D eigenvalue weighted by atomic mass is 10.0. The van der Waals surface area contributed by atoms with Gasteiger partial charge in [-0.15, -0.1) is 0 Å². The average molecular weight is 308 g/mol. The van der Waals surface area contributed by atoms with Crippen molar-refractivity contribution < 1.29 is 18.8 Å². The Labute approximate surface area is 129 Å². The second-order valence-electron chi connectivity index (χ2n) is 5.47. The lowest BCUT2D eigenvalue weighted by Crippen LogP contribution is -2.37. The Morgan fingerprint density at radius 1 is 1.45 bits per heavy atom. The summed E-state index contributed by atoms with van der Waals surface area (Å²) in [5, 5.41) is 6.70. The van der Waals surface area contributed by atoms with Crippen LogP contribution in [0.5, 0.6) is 0 Å². The SMILES string of the molecule is CC(C)OCCNC(=O)[C@@H]1CC(Cc2ccc(F)cc2)=NO1. The summed E-state index contributed by atoms with van der Waals surface area (Å²) in [4.78, 5) is 17.1. The van der Waals surface area contributed by atoms with Crippen LogP contribution in [0, 0.1) is 5.82 Å². The number of rotatable bonds is 7. The molecule has 0 unspecified atom stereocenters. The first-order chi connectivity index (χ1) is 10.5. The number of ether oxygens (including phenoxy) is 1. The molecule has 0 bridgehead atoms. The lowest BCUT2D eigenvalue weighted by molar-refractivity contribution is -0.131. The van der Waals surface area contributed by atoms with Crippen LogP contribution in [0.1, 0.15) is 25.8 Å². The maximum atomic E-state index is 12.8. The van der Waals surface area contributed by atoms with Crippen LogP contribution < -0.4 is 5.32 Å². The van der Waals surface area contributed by atoms with Gasteiger partial charge in [0.2, 0.25) is 6.10 Å². The maximum absolute atomic E-state index is 12.8. The summed E-state index contributed by atoms with van der Waals surface area (Å²) in [5.74, 6) is -0.459. The predicted molar refractivity (Wildman–Crippen MR) is 81.1 cm³/mol. The van der Waals surface area contributed by atoms with Gasteiger partial charge < -0.3 is 14.9 Å². The van der Waals surface area contributed by atoms with Crippen molar-refractivity contribution in [3.05, 3.63) is 35.6 Å². The Balaban J connectivity index is 1.72. The number of carbonyl (C=O) groups excluding carboxylic acids is 1. The van der Waals surface area contributed by atoms with Crippen LogP contribution >= 0.6 is 0 Å². The molecular formula is C16H21FN2O3. The fraction of sp³-hybridized carbons (Fsp3) is 0.500. The summed E-state index contributed by atoms with van der Waals surface area (Å²) in [5.41, 5.74) is 1.72. The summed E-state index contributed by atoms with van der Waals surface area (Å²) < 4.78 is 18.2. The standard InChI is InChI=1S/C16H21FN2O3/c1-11(2)21-8-7-18-16(20)15-10-14(19-22-15)9-12-3-5-13(17)6-4-12/h3-6,11,15H,7-10H2,1-2H3,(H,18,20)/t15-/m0/s1. The molecule has 0 saturated heterocycles. The van der Waals surface area contributed by atoms with Crippen LogP contribution in [-0.4, -0.2) is 37.0 Å². The fourth-order valence-electron chi connectivity index (χ4n) is 2.09. The molecule has 0 aliphatic carbocycles. The van der Waals surface area contributed by atoms with Crippen molar-refractivity contribution in [3.8, 4) is 0 Å². The zero-order valence-electron chi connectivity index (χ0n) is 12.8. The van der Waals surface area contributed by atoms with E-state index in [0.717, 1.165) is 11.3 Å². The molecular weight excluding hydrogens is 287 g/mol. The number of nitrogens with zero attached hydrogens (tertiary/aromatic N) is 1. The highest BCUT2D eigenvalue weighted by Crippen LogP contribution is 2.15. The minimum atomic E-state index is -0.588. The third-order valence-electron chi connectivity index (χ3n) is 3.20. The zero-order chi connectivity index (χ0) is 15.9. The molecule has 120 valence electrons. The minimum absolute atomic E-state index is 0.144. The molecule has 22 heavy (non-hydrogen) atoms. The van der Waals surface area contributed by atoms with Crippen molar-refractivity contribution in [2.75, 3.05) is 13.2 Å². The first kappa shape index (κ1) is 16.4. The summed E-state index contributed by atoms with van der Waals surface area (Å²) in [7, 11) is 0. The topological polar surface area (TPSA) is 59.9 Å². The molecule has 2 rings (SSSR count). The van der Waals surface area contributed by atoms with E-state index >= 15 is 0 Å². The van der Waals surface area contributed by atoms with E-state index in [1.807, 2.05) is 13.8 Å². The quantitative estimate of drug-likeness (QED) is 0.784. The van der Waals surface area contributed by atoms with E-state index < -0.39 is 6.10 Å². The molecule has 1 N–H and O–H groups in total. The summed E-state index contributed by atoms with van der Waals surface area (Å²) >= 11 is 0. The van der Waals surface area contributed by atoms with E-state index in [2.05, 4.69) is 10.5 Å². The van der Waals surface area contributed by atoms with Gasteiger partial charge in [-0.2, -0.15) is 0 Å². The van der Waals surface area contributed by atoms with E-state index in [9.17, 15) is 9.18 Å². The molecule has 0 radical (unpaired) electrons. The second-order valence-corrected chi connectivity index (χ2v) is 5.47. The molecule has 1 aliphatic heterocycles. The number of nitrogens with one attached hydrogen (secondary N) is 1. The second kappa shape index (κ2) is 7.89. The molecule has 1 aromatic rings. The summed E-state index contributed by atoms with van der Waals surface area (Å²) in [6.45, 7) is 4.80. The molecule has 0 saturated carbocycles. The van der Waals surface area contributed by atoms with Crippen molar-refractivity contribution in [1.82, 2.24) is 5.32 Å². The Kier molecular flexibility index (Phi) is 5.89. The largest absolute Gasteiger partial charge is 0.382 e. The third-order valence-corrected chi connectivity index (χ3v) is 3.20. The number of oxime groups is 1. The van der Waals surface area contributed by atoms with Crippen LogP contribution in [0.25, 0.3) is 0 Å². The van der Waals surface area contributed by atoms with Crippen LogP contribution in [-0.2, 0) is 20.8 Å². The number of carbonyl (C=O) groups is 1. The van der Waals surface area contributed by atoms with Gasteiger partial charge in [-0.25, -0.2) is 4.39 Å². The van der Waals surface area contributed by atoms with Gasteiger partial charge in [-0.3, -0.25) is 4.79 Å². The number of amides is 1. The molecule has 5 nitrogen and oxygen atoms in total. The smallest absolute Gasteiger partial charge is 0.264 e. The molecule has 0 fully saturated rings. The number of hydrogen-bond donors (Lipinski definition) is 1. The summed E-state index contributed by atoms with van der Waals surface area (Å²) in [6, 6.07) is 6.22. The highest BCUT2D eigenvalue weighted by Gasteiger charge is 2.27. The van der Waals surface area contributed by atoms with Crippen LogP contribution in [0.2, 0.25) is 0 Å². The average Bonchev–Trinajstić information content (AvgIpc) is 2.94. The van der Waals surface area contributed by atoms with Crippen molar-refractivity contribution in [2.24, 2.45) is 5.16 Å². The Bertz CT molecular complexity index is 529. The highest BCUT2D eigenvalue weighted by molar-refractivity contribution is 5.93. The van der Waals surface area contributed by atoms with E-state index in [-0.39, 0.29) is 17.8 Å². The van der Waals surface area contributed by atoms with Crippen LogP contribution in [0.15, 0.2) is 29.4 Å². The van der Waals surface area contributed by atoms with Gasteiger partial charge in [0.1, 0.15) is 5.82 Å². The van der Waals surface area contributed by atoms with Crippen LogP contribution in [0.3, 0.4) is 0 Å². The van der Waals surface area contributed by atoms with Gasteiger partial charge in [0.15, 0.2) is 0 Å². The zero-order valence-corrected chi connectivity index (χ0v) is 12.8. The van der Waals surface area contributed by atoms with E-state index in [4.69, 9.17) is 9.57 Å². The van der Waals surface area contributed by atoms with Crippen molar-refractivity contribution in [1.29, 1.82) is 0 Å². The molecule has 1 heterocycles. The summed E-state index contributed by atoms with van der Waals surface area (Å²) in [6.07, 6.45) is 0.564. The minimum Gasteiger partial charge on any atom is -0.382 e. The first-order valence-electron chi connectivity index (χ1n) is 7.40. The van der Waals surface area contributed by atoms with Gasteiger partial charge in [0.05, 0.1) is 18.4 Å². The fourth-order valence-corrected chi connectivity index (χ4v) is 2.09. The number of benzene rings is 1. The molecule has 1 aromatic carbocycles. The molecule has 0 spiro atoms.